The zero-order valence-electron chi connectivity index (χ0n) is 14.1. The molecule has 0 spiro atoms. The normalized spacial score (nSPS) is 22.2. The number of ether oxygens (including phenoxy) is 2. The summed E-state index contributed by atoms with van der Waals surface area (Å²) < 4.78 is 11.5. The number of rotatable bonds is 4. The number of hydrogen-bond donors (Lipinski definition) is 0. The Morgan fingerprint density at radius 1 is 1.08 bits per heavy atom. The molecular formula is C20H23NO3. The predicted octanol–water partition coefficient (Wildman–Crippen LogP) is 3.36. The molecule has 3 atom stereocenters. The molecule has 0 saturated carbocycles. The van der Waals surface area contributed by atoms with Crippen molar-refractivity contribution in [2.24, 2.45) is 0 Å². The Morgan fingerprint density at radius 3 is 2.33 bits per heavy atom. The second-order valence-corrected chi connectivity index (χ2v) is 6.12. The number of benzene rings is 2. The van der Waals surface area contributed by atoms with Crippen LogP contribution in [0.25, 0.3) is 0 Å². The first kappa shape index (κ1) is 16.7. The SMILES string of the molecule is CO[C@H](C(=O)N1C[C@@H](C)O[C@H](c2ccccc2)C1)c1ccccc1. The molecule has 4 heteroatoms. The lowest BCUT2D eigenvalue weighted by molar-refractivity contribution is -0.155. The van der Waals surface area contributed by atoms with Crippen LogP contribution in [-0.4, -0.2) is 37.1 Å². The van der Waals surface area contributed by atoms with Gasteiger partial charge < -0.3 is 14.4 Å². The molecule has 3 rings (SSSR count). The third-order valence-electron chi connectivity index (χ3n) is 4.31. The number of methoxy groups -OCH3 is 1. The molecule has 2 aromatic rings. The quantitative estimate of drug-likeness (QED) is 0.865. The molecule has 4 nitrogen and oxygen atoms in total. The molecule has 0 bridgehead atoms. The maximum Gasteiger partial charge on any atom is 0.256 e. The number of carbonyl (C=O) groups excluding carboxylic acids is 1. The van der Waals surface area contributed by atoms with Gasteiger partial charge in [0.05, 0.1) is 12.6 Å². The molecule has 0 aliphatic carbocycles. The predicted molar refractivity (Wildman–Crippen MR) is 92.5 cm³/mol. The van der Waals surface area contributed by atoms with Gasteiger partial charge in [-0.1, -0.05) is 60.7 Å². The molecule has 1 saturated heterocycles. The maximum atomic E-state index is 13.0. The van der Waals surface area contributed by atoms with E-state index in [0.717, 1.165) is 11.1 Å². The molecular weight excluding hydrogens is 302 g/mol. The summed E-state index contributed by atoms with van der Waals surface area (Å²) in [6, 6.07) is 19.7. The highest BCUT2D eigenvalue weighted by Crippen LogP contribution is 2.28. The maximum absolute atomic E-state index is 13.0. The lowest BCUT2D eigenvalue weighted by atomic mass is 10.0. The summed E-state index contributed by atoms with van der Waals surface area (Å²) in [5, 5.41) is 0. The Morgan fingerprint density at radius 2 is 1.71 bits per heavy atom. The monoisotopic (exact) mass is 325 g/mol. The average molecular weight is 325 g/mol. The van der Waals surface area contributed by atoms with E-state index >= 15 is 0 Å². The molecule has 24 heavy (non-hydrogen) atoms. The van der Waals surface area contributed by atoms with Crippen molar-refractivity contribution in [1.82, 2.24) is 4.90 Å². The second-order valence-electron chi connectivity index (χ2n) is 6.12. The summed E-state index contributed by atoms with van der Waals surface area (Å²) in [6.45, 7) is 3.12. The van der Waals surface area contributed by atoms with Gasteiger partial charge in [0.25, 0.3) is 5.91 Å². The molecule has 0 N–H and O–H groups in total. The van der Waals surface area contributed by atoms with Crippen LogP contribution in [-0.2, 0) is 14.3 Å². The van der Waals surface area contributed by atoms with Crippen molar-refractivity contribution in [3.05, 3.63) is 71.8 Å². The zero-order valence-corrected chi connectivity index (χ0v) is 14.1. The minimum absolute atomic E-state index is 0.0128. The van der Waals surface area contributed by atoms with E-state index in [0.29, 0.717) is 13.1 Å². The Balaban J connectivity index is 1.78. The number of amides is 1. The third kappa shape index (κ3) is 3.66. The topological polar surface area (TPSA) is 38.8 Å². The van der Waals surface area contributed by atoms with Crippen LogP contribution >= 0.6 is 0 Å². The first-order valence-corrected chi connectivity index (χ1v) is 8.26. The molecule has 126 valence electrons. The minimum Gasteiger partial charge on any atom is -0.367 e. The minimum atomic E-state index is -0.576. The highest BCUT2D eigenvalue weighted by atomic mass is 16.5. The standard InChI is InChI=1S/C20H23NO3/c1-15-13-21(14-18(24-15)16-9-5-3-6-10-16)20(22)19(23-2)17-11-7-4-8-12-17/h3-12,15,18-19H,13-14H2,1-2H3/t15-,18+,19+/m1/s1. The highest BCUT2D eigenvalue weighted by Gasteiger charge is 2.33. The molecule has 1 amide bonds. The summed E-state index contributed by atoms with van der Waals surface area (Å²) >= 11 is 0. The smallest absolute Gasteiger partial charge is 0.256 e. The largest absolute Gasteiger partial charge is 0.367 e. The molecule has 1 aliphatic heterocycles. The van der Waals surface area contributed by atoms with E-state index in [9.17, 15) is 4.79 Å². The van der Waals surface area contributed by atoms with Crippen LogP contribution in [0.2, 0.25) is 0 Å². The third-order valence-corrected chi connectivity index (χ3v) is 4.31. The number of hydrogen-bond acceptors (Lipinski definition) is 3. The van der Waals surface area contributed by atoms with Crippen molar-refractivity contribution in [1.29, 1.82) is 0 Å². The first-order chi connectivity index (χ1) is 11.7. The van der Waals surface area contributed by atoms with Crippen molar-refractivity contribution >= 4 is 5.91 Å². The summed E-state index contributed by atoms with van der Waals surface area (Å²) in [5.41, 5.74) is 1.97. The van der Waals surface area contributed by atoms with Crippen molar-refractivity contribution < 1.29 is 14.3 Å². The molecule has 1 heterocycles. The van der Waals surface area contributed by atoms with Crippen LogP contribution in [0.4, 0.5) is 0 Å². The van der Waals surface area contributed by atoms with Crippen LogP contribution in [0, 0.1) is 0 Å². The zero-order chi connectivity index (χ0) is 16.9. The van der Waals surface area contributed by atoms with Gasteiger partial charge in [-0.05, 0) is 18.1 Å². The van der Waals surface area contributed by atoms with E-state index in [1.807, 2.05) is 72.5 Å². The fourth-order valence-electron chi connectivity index (χ4n) is 3.16. The second kappa shape index (κ2) is 7.60. The fraction of sp³-hybridized carbons (Fsp3) is 0.350. The van der Waals surface area contributed by atoms with Crippen LogP contribution in [0.15, 0.2) is 60.7 Å². The van der Waals surface area contributed by atoms with E-state index in [1.165, 1.54) is 0 Å². The van der Waals surface area contributed by atoms with Crippen LogP contribution in [0.5, 0.6) is 0 Å². The van der Waals surface area contributed by atoms with Crippen LogP contribution in [0.3, 0.4) is 0 Å². The molecule has 1 aliphatic rings. The Hall–Kier alpha value is -2.17. The summed E-state index contributed by atoms with van der Waals surface area (Å²) in [6.07, 6.45) is -0.693. The van der Waals surface area contributed by atoms with Gasteiger partial charge in [-0.3, -0.25) is 4.79 Å². The lowest BCUT2D eigenvalue weighted by Gasteiger charge is -2.38. The summed E-state index contributed by atoms with van der Waals surface area (Å²) in [5.74, 6) is -0.0141. The van der Waals surface area contributed by atoms with Gasteiger partial charge in [-0.2, -0.15) is 0 Å². The highest BCUT2D eigenvalue weighted by molar-refractivity contribution is 5.82. The van der Waals surface area contributed by atoms with Gasteiger partial charge in [0.15, 0.2) is 6.10 Å². The van der Waals surface area contributed by atoms with E-state index in [4.69, 9.17) is 9.47 Å². The van der Waals surface area contributed by atoms with Gasteiger partial charge in [0.1, 0.15) is 6.10 Å². The van der Waals surface area contributed by atoms with Gasteiger partial charge in [-0.15, -0.1) is 0 Å². The van der Waals surface area contributed by atoms with Gasteiger partial charge in [-0.25, -0.2) is 0 Å². The van der Waals surface area contributed by atoms with Crippen molar-refractivity contribution in [2.45, 2.75) is 25.2 Å². The van der Waals surface area contributed by atoms with Crippen LogP contribution < -0.4 is 0 Å². The molecule has 0 radical (unpaired) electrons. The fourth-order valence-corrected chi connectivity index (χ4v) is 3.16. The van der Waals surface area contributed by atoms with Crippen LogP contribution in [0.1, 0.15) is 30.3 Å². The molecule has 2 aromatic carbocycles. The lowest BCUT2D eigenvalue weighted by Crippen LogP contribution is -2.47. The Kier molecular flexibility index (Phi) is 5.28. The molecule has 0 aromatic heterocycles. The van der Waals surface area contributed by atoms with Gasteiger partial charge in [0.2, 0.25) is 0 Å². The van der Waals surface area contributed by atoms with E-state index in [1.54, 1.807) is 7.11 Å². The van der Waals surface area contributed by atoms with E-state index in [2.05, 4.69) is 0 Å². The van der Waals surface area contributed by atoms with Gasteiger partial charge >= 0.3 is 0 Å². The van der Waals surface area contributed by atoms with Crippen molar-refractivity contribution in [3.8, 4) is 0 Å². The van der Waals surface area contributed by atoms with E-state index < -0.39 is 6.10 Å². The number of nitrogens with zero attached hydrogens (tertiary/aromatic N) is 1. The summed E-state index contributed by atoms with van der Waals surface area (Å²) in [7, 11) is 1.58. The van der Waals surface area contributed by atoms with Crippen molar-refractivity contribution in [2.75, 3.05) is 20.2 Å². The average Bonchev–Trinajstić information content (AvgIpc) is 2.63. The Bertz CT molecular complexity index is 659. The number of carbonyl (C=O) groups is 1. The number of morpholine rings is 1. The van der Waals surface area contributed by atoms with Gasteiger partial charge in [0, 0.05) is 13.7 Å². The summed E-state index contributed by atoms with van der Waals surface area (Å²) in [4.78, 5) is 14.9. The molecule has 0 unspecified atom stereocenters. The van der Waals surface area contributed by atoms with Crippen molar-refractivity contribution in [3.63, 3.8) is 0 Å². The Labute approximate surface area is 143 Å². The van der Waals surface area contributed by atoms with E-state index in [-0.39, 0.29) is 18.1 Å². The first-order valence-electron chi connectivity index (χ1n) is 8.26. The molecule has 1 fully saturated rings.